The summed E-state index contributed by atoms with van der Waals surface area (Å²) in [6.45, 7) is 7.12. The van der Waals surface area contributed by atoms with E-state index in [-0.39, 0.29) is 33.6 Å². The van der Waals surface area contributed by atoms with Gasteiger partial charge < -0.3 is 24.0 Å². The van der Waals surface area contributed by atoms with Crippen molar-refractivity contribution in [2.45, 2.75) is 32.4 Å². The second-order valence-corrected chi connectivity index (χ2v) is 12.1. The lowest BCUT2D eigenvalue weighted by atomic mass is 9.97. The number of aromatic hydroxyl groups is 1. The fourth-order valence-electron chi connectivity index (χ4n) is 5.27. The molecule has 1 amide bonds. The van der Waals surface area contributed by atoms with Gasteiger partial charge in [0, 0.05) is 63.5 Å². The lowest BCUT2D eigenvalue weighted by Gasteiger charge is -2.41. The molecule has 0 spiro atoms. The number of aryl methyl sites for hydroxylation is 1. The number of benzene rings is 2. The Morgan fingerprint density at radius 1 is 1.09 bits per heavy atom. The molecule has 1 atom stereocenters. The topological polar surface area (TPSA) is 102 Å². The smallest absolute Gasteiger partial charge is 0.410 e. The molecule has 0 unspecified atom stereocenters. The molecular weight excluding hydrogens is 589 g/mol. The SMILES string of the molecule is COC[C@@H]1CN(c2cc(-c3cc(F)cc(-c4ccc(-n5ccn(C)c5=O)c(Cl)c4)c3O)ccn2)CCN1C(=O)OC(C)(C)C. The molecule has 12 heteroatoms. The molecule has 44 heavy (non-hydrogen) atoms. The molecule has 2 aromatic carbocycles. The summed E-state index contributed by atoms with van der Waals surface area (Å²) in [6, 6.07) is 10.6. The van der Waals surface area contributed by atoms with E-state index >= 15 is 4.39 Å². The van der Waals surface area contributed by atoms with Gasteiger partial charge in [-0.25, -0.2) is 19.0 Å². The Hall–Kier alpha value is -4.35. The van der Waals surface area contributed by atoms with Crippen LogP contribution in [0, 0.1) is 5.82 Å². The van der Waals surface area contributed by atoms with Gasteiger partial charge in [-0.05, 0) is 68.3 Å². The van der Waals surface area contributed by atoms with Gasteiger partial charge in [0.15, 0.2) is 0 Å². The molecule has 1 saturated heterocycles. The normalized spacial score (nSPS) is 15.5. The van der Waals surface area contributed by atoms with Crippen molar-refractivity contribution in [2.24, 2.45) is 7.05 Å². The highest BCUT2D eigenvalue weighted by Crippen LogP contribution is 2.41. The van der Waals surface area contributed by atoms with E-state index in [2.05, 4.69) is 4.98 Å². The predicted molar refractivity (Wildman–Crippen MR) is 167 cm³/mol. The lowest BCUT2D eigenvalue weighted by Crippen LogP contribution is -2.58. The molecule has 0 aliphatic carbocycles. The molecule has 1 N–H and O–H groups in total. The Labute approximate surface area is 259 Å². The highest BCUT2D eigenvalue weighted by Gasteiger charge is 2.34. The summed E-state index contributed by atoms with van der Waals surface area (Å²) in [5.41, 5.74) is 1.16. The molecule has 0 radical (unpaired) electrons. The van der Waals surface area contributed by atoms with Gasteiger partial charge in [0.05, 0.1) is 23.4 Å². The number of imidazole rings is 1. The van der Waals surface area contributed by atoms with Gasteiger partial charge in [0.1, 0.15) is 23.0 Å². The van der Waals surface area contributed by atoms with E-state index in [1.165, 1.54) is 21.3 Å². The number of amides is 1. The number of ether oxygens (including phenoxy) is 2. The van der Waals surface area contributed by atoms with Crippen LogP contribution in [0.4, 0.5) is 15.0 Å². The van der Waals surface area contributed by atoms with E-state index in [0.717, 1.165) is 0 Å². The Morgan fingerprint density at radius 2 is 1.80 bits per heavy atom. The van der Waals surface area contributed by atoms with Gasteiger partial charge in [-0.15, -0.1) is 0 Å². The van der Waals surface area contributed by atoms with Crippen LogP contribution in [0.5, 0.6) is 5.75 Å². The number of phenolic OH excluding ortho intramolecular Hbond substituents is 1. The van der Waals surface area contributed by atoms with Crippen LogP contribution in [-0.2, 0) is 16.5 Å². The number of piperazine rings is 1. The van der Waals surface area contributed by atoms with E-state index in [1.54, 1.807) is 68.0 Å². The Morgan fingerprint density at radius 3 is 2.41 bits per heavy atom. The van der Waals surface area contributed by atoms with Crippen molar-refractivity contribution < 1.29 is 23.8 Å². The van der Waals surface area contributed by atoms with Crippen LogP contribution in [0.1, 0.15) is 20.8 Å². The van der Waals surface area contributed by atoms with Crippen LogP contribution in [0.25, 0.3) is 27.9 Å². The summed E-state index contributed by atoms with van der Waals surface area (Å²) >= 11 is 6.55. The van der Waals surface area contributed by atoms with Crippen LogP contribution in [0.3, 0.4) is 0 Å². The van der Waals surface area contributed by atoms with E-state index in [9.17, 15) is 14.7 Å². The largest absolute Gasteiger partial charge is 0.507 e. The fourth-order valence-corrected chi connectivity index (χ4v) is 5.55. The molecule has 2 aromatic heterocycles. The van der Waals surface area contributed by atoms with Crippen LogP contribution < -0.4 is 10.6 Å². The molecule has 4 aromatic rings. The molecule has 5 rings (SSSR count). The van der Waals surface area contributed by atoms with Crippen molar-refractivity contribution in [3.05, 3.63) is 82.4 Å². The van der Waals surface area contributed by atoms with Crippen LogP contribution in [0.2, 0.25) is 5.02 Å². The minimum atomic E-state index is -0.623. The number of methoxy groups -OCH3 is 1. The predicted octanol–water partition coefficient (Wildman–Crippen LogP) is 5.48. The summed E-state index contributed by atoms with van der Waals surface area (Å²) in [5, 5.41) is 11.6. The van der Waals surface area contributed by atoms with Gasteiger partial charge in [0.25, 0.3) is 0 Å². The second kappa shape index (κ2) is 12.3. The minimum absolute atomic E-state index is 0.128. The van der Waals surface area contributed by atoms with Crippen molar-refractivity contribution in [1.29, 1.82) is 0 Å². The maximum atomic E-state index is 15.0. The van der Waals surface area contributed by atoms with Crippen molar-refractivity contribution in [3.63, 3.8) is 0 Å². The third-order valence-electron chi connectivity index (χ3n) is 7.39. The summed E-state index contributed by atoms with van der Waals surface area (Å²) in [7, 11) is 3.22. The summed E-state index contributed by atoms with van der Waals surface area (Å²) in [5.74, 6) is -0.0635. The van der Waals surface area contributed by atoms with Crippen LogP contribution in [-0.4, -0.2) is 75.2 Å². The van der Waals surface area contributed by atoms with Gasteiger partial charge >= 0.3 is 11.8 Å². The number of carbonyl (C=O) groups is 1. The number of rotatable bonds is 6. The summed E-state index contributed by atoms with van der Waals surface area (Å²) < 4.78 is 28.9. The van der Waals surface area contributed by atoms with Crippen molar-refractivity contribution in [2.75, 3.05) is 38.3 Å². The summed E-state index contributed by atoms with van der Waals surface area (Å²) in [6.07, 6.45) is 4.43. The van der Waals surface area contributed by atoms with Gasteiger partial charge in [0.2, 0.25) is 0 Å². The van der Waals surface area contributed by atoms with E-state index < -0.39 is 17.5 Å². The van der Waals surface area contributed by atoms with E-state index in [0.29, 0.717) is 48.9 Å². The minimum Gasteiger partial charge on any atom is -0.507 e. The van der Waals surface area contributed by atoms with Gasteiger partial charge in [-0.3, -0.25) is 9.47 Å². The number of hydrogen-bond acceptors (Lipinski definition) is 7. The first-order valence-electron chi connectivity index (χ1n) is 14.1. The van der Waals surface area contributed by atoms with Crippen LogP contribution >= 0.6 is 11.6 Å². The first-order chi connectivity index (χ1) is 20.9. The maximum Gasteiger partial charge on any atom is 0.410 e. The Bertz CT molecular complexity index is 1750. The first kappa shape index (κ1) is 31.1. The molecule has 232 valence electrons. The Kier molecular flexibility index (Phi) is 8.71. The number of anilines is 1. The molecule has 1 aliphatic rings. The fraction of sp³-hybridized carbons (Fsp3) is 0.344. The number of hydrogen-bond donors (Lipinski definition) is 1. The van der Waals surface area contributed by atoms with Gasteiger partial charge in [-0.2, -0.15) is 0 Å². The molecule has 3 heterocycles. The third kappa shape index (κ3) is 6.44. The highest BCUT2D eigenvalue weighted by atomic mass is 35.5. The quantitative estimate of drug-likeness (QED) is 0.304. The molecule has 0 saturated carbocycles. The molecular formula is C32H35ClFN5O5. The molecule has 10 nitrogen and oxygen atoms in total. The zero-order valence-corrected chi connectivity index (χ0v) is 26.0. The van der Waals surface area contributed by atoms with Crippen molar-refractivity contribution >= 4 is 23.5 Å². The number of carbonyl (C=O) groups excluding carboxylic acids is 1. The molecule has 1 fully saturated rings. The van der Waals surface area contributed by atoms with E-state index in [1.807, 2.05) is 25.7 Å². The first-order valence-corrected chi connectivity index (χ1v) is 14.5. The van der Waals surface area contributed by atoms with Crippen molar-refractivity contribution in [1.82, 2.24) is 19.0 Å². The number of halogens is 2. The number of aromatic nitrogens is 3. The third-order valence-corrected chi connectivity index (χ3v) is 7.69. The van der Waals surface area contributed by atoms with Crippen molar-refractivity contribution in [3.8, 4) is 33.7 Å². The zero-order valence-electron chi connectivity index (χ0n) is 25.3. The molecule has 1 aliphatic heterocycles. The number of pyridine rings is 1. The average Bonchev–Trinajstić information content (AvgIpc) is 3.30. The Balaban J connectivity index is 1.43. The molecule has 0 bridgehead atoms. The monoisotopic (exact) mass is 623 g/mol. The average molecular weight is 624 g/mol. The zero-order chi connectivity index (χ0) is 31.8. The second-order valence-electron chi connectivity index (χ2n) is 11.7. The standard InChI is InChI=1S/C32H35ClFN5O5/c1-32(2,3)44-31(42)38-13-11-37(18-23(38)19-43-5)28-15-21(8-9-35-28)25-17-22(34)16-24(29(25)40)20-6-7-27(26(33)14-20)39-12-10-36(4)30(39)41/h6-10,12,14-17,23,40H,11,13,18-19H2,1-5H3/t23-/m0/s1. The maximum absolute atomic E-state index is 15.0. The van der Waals surface area contributed by atoms with Gasteiger partial charge in [-0.1, -0.05) is 17.7 Å². The number of nitrogens with zero attached hydrogens (tertiary/aromatic N) is 5. The number of phenols is 1. The highest BCUT2D eigenvalue weighted by molar-refractivity contribution is 6.32. The summed E-state index contributed by atoms with van der Waals surface area (Å²) in [4.78, 5) is 33.5. The van der Waals surface area contributed by atoms with Crippen LogP contribution in [0.15, 0.2) is 65.8 Å². The lowest BCUT2D eigenvalue weighted by molar-refractivity contribution is 0.00338. The van der Waals surface area contributed by atoms with E-state index in [4.69, 9.17) is 21.1 Å².